The number of thioether (sulfide) groups is 1. The molecule has 2 aromatic rings. The van der Waals surface area contributed by atoms with Gasteiger partial charge in [0.05, 0.1) is 6.54 Å². The summed E-state index contributed by atoms with van der Waals surface area (Å²) in [6.45, 7) is 0.659. The van der Waals surface area contributed by atoms with Crippen LogP contribution in [-0.2, 0) is 5.75 Å². The second kappa shape index (κ2) is 7.09. The molecular formula is C17H13F3N2OS. The average molecular weight is 350 g/mol. The summed E-state index contributed by atoms with van der Waals surface area (Å²) < 4.78 is 40.5. The van der Waals surface area contributed by atoms with Crippen molar-refractivity contribution in [2.75, 3.05) is 13.1 Å². The van der Waals surface area contributed by atoms with E-state index in [1.54, 1.807) is 12.1 Å². The van der Waals surface area contributed by atoms with Gasteiger partial charge in [0, 0.05) is 12.3 Å². The van der Waals surface area contributed by atoms with Crippen LogP contribution in [0.3, 0.4) is 0 Å². The molecule has 3 nitrogen and oxygen atoms in total. The number of carbonyl (C=O) groups excluding carboxylic acids is 1. The smallest absolute Gasteiger partial charge is 0.265 e. The normalized spacial score (nSPS) is 14.0. The highest BCUT2D eigenvalue weighted by atomic mass is 32.2. The van der Waals surface area contributed by atoms with Gasteiger partial charge in [-0.15, -0.1) is 0 Å². The number of aliphatic imine (C=N–C) groups is 1. The lowest BCUT2D eigenvalue weighted by Crippen LogP contribution is -2.34. The van der Waals surface area contributed by atoms with Crippen molar-refractivity contribution in [3.8, 4) is 0 Å². The highest BCUT2D eigenvalue weighted by molar-refractivity contribution is 8.13. The molecule has 0 saturated carbocycles. The van der Waals surface area contributed by atoms with Crippen LogP contribution in [0, 0.1) is 17.5 Å². The van der Waals surface area contributed by atoms with Crippen LogP contribution >= 0.6 is 11.8 Å². The largest absolute Gasteiger partial charge is 0.285 e. The fourth-order valence-electron chi connectivity index (χ4n) is 2.30. The van der Waals surface area contributed by atoms with Gasteiger partial charge < -0.3 is 0 Å². The van der Waals surface area contributed by atoms with E-state index in [1.165, 1.54) is 34.9 Å². The van der Waals surface area contributed by atoms with E-state index in [-0.39, 0.29) is 12.4 Å². The molecule has 0 unspecified atom stereocenters. The Kier molecular flexibility index (Phi) is 4.89. The maximum atomic E-state index is 13.8. The minimum absolute atomic E-state index is 0.276. The fraction of sp³-hybridized carbons (Fsp3) is 0.176. The van der Waals surface area contributed by atoms with Gasteiger partial charge in [-0.2, -0.15) is 0 Å². The van der Waals surface area contributed by atoms with Gasteiger partial charge in [-0.1, -0.05) is 30.0 Å². The van der Waals surface area contributed by atoms with Gasteiger partial charge in [0.2, 0.25) is 0 Å². The van der Waals surface area contributed by atoms with Crippen molar-refractivity contribution in [1.29, 1.82) is 0 Å². The Hall–Kier alpha value is -2.28. The fourth-order valence-corrected chi connectivity index (χ4v) is 3.31. The third-order valence-corrected chi connectivity index (χ3v) is 4.59. The van der Waals surface area contributed by atoms with Gasteiger partial charge in [-0.05, 0) is 29.8 Å². The van der Waals surface area contributed by atoms with Crippen molar-refractivity contribution in [2.45, 2.75) is 5.75 Å². The molecule has 1 aliphatic heterocycles. The van der Waals surface area contributed by atoms with Gasteiger partial charge in [0.25, 0.3) is 5.91 Å². The summed E-state index contributed by atoms with van der Waals surface area (Å²) in [6, 6.07) is 9.29. The second-order valence-electron chi connectivity index (χ2n) is 5.13. The molecule has 0 fully saturated rings. The van der Waals surface area contributed by atoms with Crippen molar-refractivity contribution < 1.29 is 18.0 Å². The Balaban J connectivity index is 1.73. The summed E-state index contributed by atoms with van der Waals surface area (Å²) in [4.78, 5) is 18.0. The molecule has 0 aliphatic carbocycles. The molecular weight excluding hydrogens is 337 g/mol. The third kappa shape index (κ3) is 3.46. The van der Waals surface area contributed by atoms with Gasteiger partial charge in [0.15, 0.2) is 5.17 Å². The Bertz CT molecular complexity index is 773. The summed E-state index contributed by atoms with van der Waals surface area (Å²) in [6.07, 6.45) is 0. The van der Waals surface area contributed by atoms with Gasteiger partial charge >= 0.3 is 0 Å². The Morgan fingerprint density at radius 1 is 1.08 bits per heavy atom. The lowest BCUT2D eigenvalue weighted by molar-refractivity contribution is 0.0851. The molecule has 0 bridgehead atoms. The van der Waals surface area contributed by atoms with E-state index in [9.17, 15) is 18.0 Å². The number of benzene rings is 2. The van der Waals surface area contributed by atoms with Crippen LogP contribution in [-0.4, -0.2) is 29.1 Å². The number of hydrogen-bond acceptors (Lipinski definition) is 3. The van der Waals surface area contributed by atoms with Crippen molar-refractivity contribution in [1.82, 2.24) is 4.90 Å². The summed E-state index contributed by atoms with van der Waals surface area (Å²) in [5.41, 5.74) is 0.287. The molecule has 1 amide bonds. The van der Waals surface area contributed by atoms with E-state index in [0.29, 0.717) is 17.5 Å². The van der Waals surface area contributed by atoms with Crippen LogP contribution in [0.15, 0.2) is 47.5 Å². The number of nitrogens with zero attached hydrogens (tertiary/aromatic N) is 2. The van der Waals surface area contributed by atoms with E-state index in [4.69, 9.17) is 0 Å². The molecule has 24 heavy (non-hydrogen) atoms. The van der Waals surface area contributed by atoms with E-state index in [1.807, 2.05) is 0 Å². The summed E-state index contributed by atoms with van der Waals surface area (Å²) >= 11 is 1.27. The maximum Gasteiger partial charge on any atom is 0.265 e. The SMILES string of the molecule is O=C(c1c(F)cccc1F)N1CCN=C1SCc1ccc(F)cc1. The number of hydrogen-bond donors (Lipinski definition) is 0. The first-order chi connectivity index (χ1) is 11.6. The number of halogens is 3. The van der Waals surface area contributed by atoms with Crippen molar-refractivity contribution in [3.63, 3.8) is 0 Å². The van der Waals surface area contributed by atoms with Crippen molar-refractivity contribution >= 4 is 22.8 Å². The zero-order valence-corrected chi connectivity index (χ0v) is 13.3. The van der Waals surface area contributed by atoms with E-state index >= 15 is 0 Å². The zero-order chi connectivity index (χ0) is 17.1. The Labute approximate surface area is 141 Å². The first kappa shape index (κ1) is 16.6. The molecule has 0 spiro atoms. The molecule has 0 atom stereocenters. The second-order valence-corrected chi connectivity index (χ2v) is 6.08. The molecule has 124 valence electrons. The molecule has 3 rings (SSSR count). The van der Waals surface area contributed by atoms with Gasteiger partial charge in [-0.3, -0.25) is 14.7 Å². The van der Waals surface area contributed by atoms with Crippen molar-refractivity contribution in [2.24, 2.45) is 4.99 Å². The lowest BCUT2D eigenvalue weighted by Gasteiger charge is -2.18. The lowest BCUT2D eigenvalue weighted by atomic mass is 10.1. The minimum atomic E-state index is -0.894. The van der Waals surface area contributed by atoms with Crippen molar-refractivity contribution in [3.05, 3.63) is 71.0 Å². The summed E-state index contributed by atoms with van der Waals surface area (Å²) in [5, 5.41) is 0.409. The van der Waals surface area contributed by atoms with E-state index < -0.39 is 23.1 Å². The predicted molar refractivity (Wildman–Crippen MR) is 87.4 cm³/mol. The van der Waals surface area contributed by atoms with E-state index in [2.05, 4.69) is 4.99 Å². The first-order valence-corrected chi connectivity index (χ1v) is 8.22. The molecule has 0 aromatic heterocycles. The highest BCUT2D eigenvalue weighted by Crippen LogP contribution is 2.23. The van der Waals surface area contributed by atoms with Crippen LogP contribution < -0.4 is 0 Å². The number of amides is 1. The van der Waals surface area contributed by atoms with Crippen LogP contribution in [0.1, 0.15) is 15.9 Å². The summed E-state index contributed by atoms with van der Waals surface area (Å²) in [5.74, 6) is -2.38. The topological polar surface area (TPSA) is 32.7 Å². The average Bonchev–Trinajstić information content (AvgIpc) is 3.02. The molecule has 0 N–H and O–H groups in total. The quantitative estimate of drug-likeness (QED) is 0.842. The third-order valence-electron chi connectivity index (χ3n) is 3.50. The molecule has 7 heteroatoms. The Morgan fingerprint density at radius 2 is 1.75 bits per heavy atom. The molecule has 1 aliphatic rings. The van der Waals surface area contributed by atoms with Gasteiger partial charge in [0.1, 0.15) is 23.0 Å². The number of amidine groups is 1. The van der Waals surface area contributed by atoms with E-state index in [0.717, 1.165) is 17.7 Å². The van der Waals surface area contributed by atoms with Crippen LogP contribution in [0.25, 0.3) is 0 Å². The van der Waals surface area contributed by atoms with Gasteiger partial charge in [-0.25, -0.2) is 13.2 Å². The summed E-state index contributed by atoms with van der Waals surface area (Å²) in [7, 11) is 0. The minimum Gasteiger partial charge on any atom is -0.285 e. The van der Waals surface area contributed by atoms with Crippen LogP contribution in [0.4, 0.5) is 13.2 Å². The predicted octanol–water partition coefficient (Wildman–Crippen LogP) is 3.85. The zero-order valence-electron chi connectivity index (χ0n) is 12.5. The Morgan fingerprint density at radius 3 is 2.42 bits per heavy atom. The first-order valence-electron chi connectivity index (χ1n) is 7.24. The number of rotatable bonds is 3. The monoisotopic (exact) mass is 350 g/mol. The highest BCUT2D eigenvalue weighted by Gasteiger charge is 2.29. The van der Waals surface area contributed by atoms with Crippen LogP contribution in [0.2, 0.25) is 0 Å². The maximum absolute atomic E-state index is 13.8. The molecule has 0 saturated heterocycles. The van der Waals surface area contributed by atoms with Crippen LogP contribution in [0.5, 0.6) is 0 Å². The number of carbonyl (C=O) groups is 1. The molecule has 1 heterocycles. The molecule has 2 aromatic carbocycles. The molecule has 0 radical (unpaired) electrons. The standard InChI is InChI=1S/C17H13F3N2OS/c18-12-6-4-11(5-7-12)10-24-17-21-8-9-22(17)16(23)15-13(19)2-1-3-14(15)20/h1-7H,8-10H2.